The van der Waals surface area contributed by atoms with Crippen LogP contribution in [-0.2, 0) is 0 Å². The summed E-state index contributed by atoms with van der Waals surface area (Å²) in [6, 6.07) is 3.37. The zero-order chi connectivity index (χ0) is 9.42. The van der Waals surface area contributed by atoms with E-state index in [1.807, 2.05) is 11.4 Å². The molecule has 2 rings (SSSR count). The van der Waals surface area contributed by atoms with Gasteiger partial charge < -0.3 is 4.74 Å². The highest BCUT2D eigenvalue weighted by Crippen LogP contribution is 2.33. The van der Waals surface area contributed by atoms with Crippen LogP contribution in [0.4, 0.5) is 4.39 Å². The van der Waals surface area contributed by atoms with Gasteiger partial charge in [-0.05, 0) is 24.6 Å². The Morgan fingerprint density at radius 2 is 2.15 bits per heavy atom. The van der Waals surface area contributed by atoms with Crippen molar-refractivity contribution in [1.29, 1.82) is 0 Å². The number of methoxy groups -OCH3 is 1. The molecule has 0 amide bonds. The Morgan fingerprint density at radius 3 is 2.85 bits per heavy atom. The van der Waals surface area contributed by atoms with Crippen molar-refractivity contribution in [3.8, 4) is 5.75 Å². The smallest absolute Gasteiger partial charge is 0.137 e. The van der Waals surface area contributed by atoms with Gasteiger partial charge in [0.1, 0.15) is 11.6 Å². The van der Waals surface area contributed by atoms with Gasteiger partial charge in [-0.1, -0.05) is 0 Å². The number of halogens is 1. The standard InChI is InChI=1S/C10H9FOS/c1-6-3-7-9(12-2)5-13-10(7)4-8(6)11/h3-5H,1-2H3. The highest BCUT2D eigenvalue weighted by molar-refractivity contribution is 7.17. The maximum Gasteiger partial charge on any atom is 0.137 e. The lowest BCUT2D eigenvalue weighted by atomic mass is 10.2. The van der Waals surface area contributed by atoms with E-state index in [1.54, 1.807) is 20.1 Å². The molecule has 68 valence electrons. The van der Waals surface area contributed by atoms with Gasteiger partial charge in [0.15, 0.2) is 0 Å². The predicted molar refractivity (Wildman–Crippen MR) is 53.1 cm³/mol. The van der Waals surface area contributed by atoms with Gasteiger partial charge in [0.25, 0.3) is 0 Å². The van der Waals surface area contributed by atoms with Crippen LogP contribution in [0, 0.1) is 12.7 Å². The highest BCUT2D eigenvalue weighted by atomic mass is 32.1. The SMILES string of the molecule is COc1csc2cc(F)c(C)cc12. The summed E-state index contributed by atoms with van der Waals surface area (Å²) in [5.41, 5.74) is 0.657. The number of hydrogen-bond donors (Lipinski definition) is 0. The summed E-state index contributed by atoms with van der Waals surface area (Å²) in [7, 11) is 1.63. The van der Waals surface area contributed by atoms with Gasteiger partial charge >= 0.3 is 0 Å². The average Bonchev–Trinajstić information content (AvgIpc) is 2.48. The average molecular weight is 196 g/mol. The van der Waals surface area contributed by atoms with Gasteiger partial charge in [-0.25, -0.2) is 4.39 Å². The van der Waals surface area contributed by atoms with E-state index < -0.39 is 0 Å². The molecular formula is C10H9FOS. The van der Waals surface area contributed by atoms with Crippen molar-refractivity contribution >= 4 is 21.4 Å². The quantitative estimate of drug-likeness (QED) is 0.679. The molecule has 1 heterocycles. The lowest BCUT2D eigenvalue weighted by Crippen LogP contribution is -1.83. The molecule has 1 aromatic heterocycles. The number of hydrogen-bond acceptors (Lipinski definition) is 2. The first-order valence-corrected chi connectivity index (χ1v) is 4.81. The summed E-state index contributed by atoms with van der Waals surface area (Å²) < 4.78 is 19.2. The molecule has 0 unspecified atom stereocenters. The van der Waals surface area contributed by atoms with E-state index in [2.05, 4.69) is 0 Å². The third-order valence-electron chi connectivity index (χ3n) is 2.04. The van der Waals surface area contributed by atoms with Crippen LogP contribution in [0.2, 0.25) is 0 Å². The molecule has 2 aromatic rings. The van der Waals surface area contributed by atoms with Crippen molar-refractivity contribution < 1.29 is 9.13 Å². The zero-order valence-electron chi connectivity index (χ0n) is 7.43. The molecule has 0 N–H and O–H groups in total. The van der Waals surface area contributed by atoms with Crippen molar-refractivity contribution in [3.63, 3.8) is 0 Å². The van der Waals surface area contributed by atoms with Crippen molar-refractivity contribution in [3.05, 3.63) is 28.9 Å². The van der Waals surface area contributed by atoms with Crippen molar-refractivity contribution in [2.45, 2.75) is 6.92 Å². The van der Waals surface area contributed by atoms with Crippen molar-refractivity contribution in [1.82, 2.24) is 0 Å². The fourth-order valence-corrected chi connectivity index (χ4v) is 2.21. The summed E-state index contributed by atoms with van der Waals surface area (Å²) in [4.78, 5) is 0. The zero-order valence-corrected chi connectivity index (χ0v) is 8.24. The number of rotatable bonds is 1. The summed E-state index contributed by atoms with van der Waals surface area (Å²) in [6.45, 7) is 1.76. The van der Waals surface area contributed by atoms with Crippen LogP contribution in [0.15, 0.2) is 17.5 Å². The number of benzene rings is 1. The van der Waals surface area contributed by atoms with Crippen LogP contribution in [0.5, 0.6) is 5.75 Å². The second-order valence-electron chi connectivity index (χ2n) is 2.90. The third kappa shape index (κ3) is 1.29. The molecule has 0 saturated carbocycles. The fraction of sp³-hybridized carbons (Fsp3) is 0.200. The van der Waals surface area contributed by atoms with E-state index in [0.717, 1.165) is 15.8 Å². The largest absolute Gasteiger partial charge is 0.495 e. The Balaban J connectivity index is 2.77. The van der Waals surface area contributed by atoms with E-state index in [1.165, 1.54) is 11.3 Å². The molecule has 0 atom stereocenters. The molecule has 0 bridgehead atoms. The van der Waals surface area contributed by atoms with Crippen LogP contribution >= 0.6 is 11.3 Å². The van der Waals surface area contributed by atoms with E-state index in [9.17, 15) is 4.39 Å². The molecule has 1 nitrogen and oxygen atoms in total. The number of aryl methyl sites for hydroxylation is 1. The minimum atomic E-state index is -0.156. The Kier molecular flexibility index (Phi) is 1.96. The Bertz CT molecular complexity index is 447. The Morgan fingerprint density at radius 1 is 1.38 bits per heavy atom. The van der Waals surface area contributed by atoms with Gasteiger partial charge in [0.05, 0.1) is 7.11 Å². The monoisotopic (exact) mass is 196 g/mol. The van der Waals surface area contributed by atoms with E-state index >= 15 is 0 Å². The third-order valence-corrected chi connectivity index (χ3v) is 2.96. The maximum atomic E-state index is 13.1. The molecule has 0 fully saturated rings. The van der Waals surface area contributed by atoms with Crippen LogP contribution < -0.4 is 4.74 Å². The lowest BCUT2D eigenvalue weighted by Gasteiger charge is -1.99. The second kappa shape index (κ2) is 3.00. The number of fused-ring (bicyclic) bond motifs is 1. The topological polar surface area (TPSA) is 9.23 Å². The molecule has 0 aliphatic carbocycles. The van der Waals surface area contributed by atoms with E-state index in [4.69, 9.17) is 4.74 Å². The Hall–Kier alpha value is -1.09. The van der Waals surface area contributed by atoms with Gasteiger partial charge in [-0.2, -0.15) is 0 Å². The van der Waals surface area contributed by atoms with Gasteiger partial charge in [-0.15, -0.1) is 11.3 Å². The predicted octanol–water partition coefficient (Wildman–Crippen LogP) is 3.36. The maximum absolute atomic E-state index is 13.1. The number of thiophene rings is 1. The minimum absolute atomic E-state index is 0.156. The lowest BCUT2D eigenvalue weighted by molar-refractivity contribution is 0.421. The first-order valence-electron chi connectivity index (χ1n) is 3.93. The molecule has 13 heavy (non-hydrogen) atoms. The second-order valence-corrected chi connectivity index (χ2v) is 3.81. The molecule has 0 radical (unpaired) electrons. The Labute approximate surface area is 79.8 Å². The number of ether oxygens (including phenoxy) is 1. The molecule has 0 saturated heterocycles. The van der Waals surface area contributed by atoms with Gasteiger partial charge in [0.2, 0.25) is 0 Å². The minimum Gasteiger partial charge on any atom is -0.495 e. The summed E-state index contributed by atoms with van der Waals surface area (Å²) in [5.74, 6) is 0.667. The molecule has 3 heteroatoms. The van der Waals surface area contributed by atoms with E-state index in [0.29, 0.717) is 5.56 Å². The summed E-state index contributed by atoms with van der Waals surface area (Å²) in [5, 5.41) is 2.88. The van der Waals surface area contributed by atoms with Crippen molar-refractivity contribution in [2.75, 3.05) is 7.11 Å². The van der Waals surface area contributed by atoms with Gasteiger partial charge in [-0.3, -0.25) is 0 Å². The molecule has 0 aliphatic heterocycles. The normalized spacial score (nSPS) is 10.7. The van der Waals surface area contributed by atoms with Gasteiger partial charge in [0, 0.05) is 15.5 Å². The van der Waals surface area contributed by atoms with Crippen LogP contribution in [0.25, 0.3) is 10.1 Å². The molecule has 1 aromatic carbocycles. The first kappa shape index (κ1) is 8.51. The summed E-state index contributed by atoms with van der Waals surface area (Å²) in [6.07, 6.45) is 0. The fourth-order valence-electron chi connectivity index (χ4n) is 1.29. The first-order chi connectivity index (χ1) is 6.22. The molecule has 0 aliphatic rings. The summed E-state index contributed by atoms with van der Waals surface area (Å²) >= 11 is 1.50. The molecule has 0 spiro atoms. The van der Waals surface area contributed by atoms with Crippen molar-refractivity contribution in [2.24, 2.45) is 0 Å². The van der Waals surface area contributed by atoms with E-state index in [-0.39, 0.29) is 5.82 Å². The van der Waals surface area contributed by atoms with Crippen LogP contribution in [-0.4, -0.2) is 7.11 Å². The highest BCUT2D eigenvalue weighted by Gasteiger charge is 2.06. The van der Waals surface area contributed by atoms with Crippen LogP contribution in [0.3, 0.4) is 0 Å². The van der Waals surface area contributed by atoms with Crippen LogP contribution in [0.1, 0.15) is 5.56 Å². The molecular weight excluding hydrogens is 187 g/mol.